The van der Waals surface area contributed by atoms with Gasteiger partial charge in [0.15, 0.2) is 17.1 Å². The first-order valence-corrected chi connectivity index (χ1v) is 11.1. The number of rotatable bonds is 6. The summed E-state index contributed by atoms with van der Waals surface area (Å²) in [7, 11) is 3.23. The number of urea groups is 1. The van der Waals surface area contributed by atoms with E-state index in [1.807, 2.05) is 51.9 Å². The van der Waals surface area contributed by atoms with E-state index in [0.717, 1.165) is 36.4 Å². The molecule has 2 amide bonds. The SMILES string of the molecule is COc1ccc([C@@H](NC(=O)N2CCC[C@@H](c3nnc4ccccn34)C2)C(C)C)cc1OC. The number of aromatic nitrogens is 3. The fourth-order valence-corrected chi connectivity index (χ4v) is 4.42. The largest absolute Gasteiger partial charge is 0.493 e. The molecule has 2 aromatic heterocycles. The van der Waals surface area contributed by atoms with Gasteiger partial charge >= 0.3 is 6.03 Å². The van der Waals surface area contributed by atoms with E-state index in [1.165, 1.54) is 0 Å². The van der Waals surface area contributed by atoms with Crippen LogP contribution in [-0.4, -0.2) is 52.8 Å². The van der Waals surface area contributed by atoms with E-state index in [9.17, 15) is 4.79 Å². The summed E-state index contributed by atoms with van der Waals surface area (Å²) in [4.78, 5) is 15.2. The molecule has 32 heavy (non-hydrogen) atoms. The van der Waals surface area contributed by atoms with Gasteiger partial charge in [0.1, 0.15) is 5.82 Å². The number of likely N-dealkylation sites (tertiary alicyclic amines) is 1. The summed E-state index contributed by atoms with van der Waals surface area (Å²) in [6.07, 6.45) is 3.90. The maximum absolute atomic E-state index is 13.3. The number of hydrogen-bond acceptors (Lipinski definition) is 5. The maximum atomic E-state index is 13.3. The third-order valence-electron chi connectivity index (χ3n) is 6.13. The van der Waals surface area contributed by atoms with Gasteiger partial charge in [-0.3, -0.25) is 4.40 Å². The fourth-order valence-electron chi connectivity index (χ4n) is 4.42. The van der Waals surface area contributed by atoms with Crippen LogP contribution in [0.2, 0.25) is 0 Å². The molecule has 2 atom stereocenters. The number of piperidine rings is 1. The Morgan fingerprint density at radius 1 is 1.12 bits per heavy atom. The molecule has 0 bridgehead atoms. The van der Waals surface area contributed by atoms with Crippen LogP contribution in [0.25, 0.3) is 5.65 Å². The van der Waals surface area contributed by atoms with Crippen LogP contribution in [-0.2, 0) is 0 Å². The van der Waals surface area contributed by atoms with Gasteiger partial charge in [0, 0.05) is 25.2 Å². The molecule has 8 heteroatoms. The molecule has 1 saturated heterocycles. The summed E-state index contributed by atoms with van der Waals surface area (Å²) in [6.45, 7) is 5.56. The van der Waals surface area contributed by atoms with Crippen LogP contribution >= 0.6 is 0 Å². The minimum atomic E-state index is -0.142. The summed E-state index contributed by atoms with van der Waals surface area (Å²) in [5.41, 5.74) is 1.82. The second-order valence-electron chi connectivity index (χ2n) is 8.56. The number of hydrogen-bond donors (Lipinski definition) is 1. The van der Waals surface area contributed by atoms with Gasteiger partial charge < -0.3 is 19.7 Å². The van der Waals surface area contributed by atoms with Gasteiger partial charge in [0.05, 0.1) is 20.3 Å². The molecule has 1 N–H and O–H groups in total. The van der Waals surface area contributed by atoms with Crippen molar-refractivity contribution in [2.75, 3.05) is 27.3 Å². The van der Waals surface area contributed by atoms with Crippen molar-refractivity contribution in [3.05, 3.63) is 54.0 Å². The third kappa shape index (κ3) is 4.35. The molecule has 1 aliphatic heterocycles. The Morgan fingerprint density at radius 2 is 1.94 bits per heavy atom. The summed E-state index contributed by atoms with van der Waals surface area (Å²) in [6, 6.07) is 11.5. The number of methoxy groups -OCH3 is 2. The van der Waals surface area contributed by atoms with Gasteiger partial charge in [-0.25, -0.2) is 4.79 Å². The Balaban J connectivity index is 1.50. The maximum Gasteiger partial charge on any atom is 0.317 e. The summed E-state index contributed by atoms with van der Waals surface area (Å²) >= 11 is 0. The predicted octanol–water partition coefficient (Wildman–Crippen LogP) is 4.03. The summed E-state index contributed by atoms with van der Waals surface area (Å²) in [5, 5.41) is 11.9. The quantitative estimate of drug-likeness (QED) is 0.630. The van der Waals surface area contributed by atoms with Crippen molar-refractivity contribution in [3.8, 4) is 11.5 Å². The molecule has 0 unspecified atom stereocenters. The zero-order chi connectivity index (χ0) is 22.7. The van der Waals surface area contributed by atoms with Crippen molar-refractivity contribution < 1.29 is 14.3 Å². The predicted molar refractivity (Wildman–Crippen MR) is 122 cm³/mol. The number of amides is 2. The van der Waals surface area contributed by atoms with Crippen molar-refractivity contribution in [2.45, 2.75) is 38.6 Å². The number of ether oxygens (including phenoxy) is 2. The molecule has 0 saturated carbocycles. The highest BCUT2D eigenvalue weighted by molar-refractivity contribution is 5.75. The number of pyridine rings is 1. The number of benzene rings is 1. The molecule has 0 spiro atoms. The Morgan fingerprint density at radius 3 is 2.69 bits per heavy atom. The van der Waals surface area contributed by atoms with Gasteiger partial charge in [-0.05, 0) is 48.6 Å². The molecule has 1 fully saturated rings. The molecule has 170 valence electrons. The molecule has 3 aromatic rings. The molecule has 1 aromatic carbocycles. The van der Waals surface area contributed by atoms with Gasteiger partial charge in [-0.1, -0.05) is 26.0 Å². The van der Waals surface area contributed by atoms with Crippen LogP contribution in [0.4, 0.5) is 4.79 Å². The Hall–Kier alpha value is -3.29. The van der Waals surface area contributed by atoms with E-state index in [0.29, 0.717) is 18.0 Å². The van der Waals surface area contributed by atoms with E-state index in [2.05, 4.69) is 29.4 Å². The second-order valence-corrected chi connectivity index (χ2v) is 8.56. The van der Waals surface area contributed by atoms with Gasteiger partial charge in [0.25, 0.3) is 0 Å². The Kier molecular flexibility index (Phi) is 6.48. The lowest BCUT2D eigenvalue weighted by molar-refractivity contribution is 0.171. The van der Waals surface area contributed by atoms with Crippen LogP contribution in [0, 0.1) is 5.92 Å². The van der Waals surface area contributed by atoms with E-state index in [1.54, 1.807) is 14.2 Å². The first kappa shape index (κ1) is 21.9. The molecule has 8 nitrogen and oxygen atoms in total. The smallest absolute Gasteiger partial charge is 0.317 e. The number of carbonyl (C=O) groups excluding carboxylic acids is 1. The standard InChI is InChI=1S/C24H31N5O3/c1-16(2)22(17-10-11-19(31-3)20(14-17)32-4)25-24(30)28-12-7-8-18(15-28)23-27-26-21-9-5-6-13-29(21)23/h5-6,9-11,13-14,16,18,22H,7-8,12,15H2,1-4H3,(H,25,30)/t18-,22+/m1/s1. The average molecular weight is 438 g/mol. The van der Waals surface area contributed by atoms with E-state index < -0.39 is 0 Å². The minimum absolute atomic E-state index is 0.0583. The van der Waals surface area contributed by atoms with Crippen LogP contribution in [0.3, 0.4) is 0 Å². The lowest BCUT2D eigenvalue weighted by atomic mass is 9.95. The summed E-state index contributed by atoms with van der Waals surface area (Å²) < 4.78 is 12.8. The Bertz CT molecular complexity index is 1080. The molecule has 3 heterocycles. The molecular formula is C24H31N5O3. The highest BCUT2D eigenvalue weighted by Gasteiger charge is 2.30. The molecular weight excluding hydrogens is 406 g/mol. The highest BCUT2D eigenvalue weighted by atomic mass is 16.5. The van der Waals surface area contributed by atoms with Gasteiger partial charge in [-0.15, -0.1) is 10.2 Å². The number of nitrogens with one attached hydrogen (secondary N) is 1. The summed E-state index contributed by atoms with van der Waals surface area (Å²) in [5.74, 6) is 2.60. The topological polar surface area (TPSA) is 81.0 Å². The normalized spacial score (nSPS) is 17.4. The zero-order valence-electron chi connectivity index (χ0n) is 19.1. The van der Waals surface area contributed by atoms with E-state index >= 15 is 0 Å². The number of fused-ring (bicyclic) bond motifs is 1. The molecule has 0 radical (unpaired) electrons. The van der Waals surface area contributed by atoms with Crippen molar-refractivity contribution >= 4 is 11.7 Å². The highest BCUT2D eigenvalue weighted by Crippen LogP contribution is 2.33. The van der Waals surface area contributed by atoms with Crippen LogP contribution in [0.1, 0.15) is 50.0 Å². The van der Waals surface area contributed by atoms with Crippen molar-refractivity contribution in [3.63, 3.8) is 0 Å². The molecule has 4 rings (SSSR count). The lowest BCUT2D eigenvalue weighted by Gasteiger charge is -2.34. The second kappa shape index (κ2) is 9.46. The van der Waals surface area contributed by atoms with Crippen molar-refractivity contribution in [1.29, 1.82) is 0 Å². The first-order chi connectivity index (χ1) is 15.5. The monoisotopic (exact) mass is 437 g/mol. The fraction of sp³-hybridized carbons (Fsp3) is 0.458. The number of carbonyl (C=O) groups is 1. The molecule has 0 aliphatic carbocycles. The van der Waals surface area contributed by atoms with Crippen molar-refractivity contribution in [2.24, 2.45) is 5.92 Å². The van der Waals surface area contributed by atoms with Gasteiger partial charge in [-0.2, -0.15) is 0 Å². The van der Waals surface area contributed by atoms with E-state index in [-0.39, 0.29) is 23.9 Å². The van der Waals surface area contributed by atoms with Crippen LogP contribution < -0.4 is 14.8 Å². The average Bonchev–Trinajstić information content (AvgIpc) is 3.26. The van der Waals surface area contributed by atoms with Crippen molar-refractivity contribution in [1.82, 2.24) is 24.8 Å². The lowest BCUT2D eigenvalue weighted by Crippen LogP contribution is -2.47. The third-order valence-corrected chi connectivity index (χ3v) is 6.13. The minimum Gasteiger partial charge on any atom is -0.493 e. The molecule has 1 aliphatic rings. The van der Waals surface area contributed by atoms with Gasteiger partial charge in [0.2, 0.25) is 0 Å². The van der Waals surface area contributed by atoms with Crippen LogP contribution in [0.5, 0.6) is 11.5 Å². The zero-order valence-corrected chi connectivity index (χ0v) is 19.1. The Labute approximate surface area is 188 Å². The first-order valence-electron chi connectivity index (χ1n) is 11.1. The van der Waals surface area contributed by atoms with Crippen LogP contribution in [0.15, 0.2) is 42.6 Å². The van der Waals surface area contributed by atoms with E-state index in [4.69, 9.17) is 9.47 Å². The number of nitrogens with zero attached hydrogens (tertiary/aromatic N) is 4.